The van der Waals surface area contributed by atoms with E-state index in [1.54, 1.807) is 42.5 Å². The number of anilines is 1. The van der Waals surface area contributed by atoms with Crippen LogP contribution in [0.25, 0.3) is 0 Å². The molecule has 0 aliphatic carbocycles. The number of nitrogens with zero attached hydrogens (tertiary/aromatic N) is 2. The summed E-state index contributed by atoms with van der Waals surface area (Å²) >= 11 is 0. The molecule has 13 heteroatoms. The second-order valence-corrected chi connectivity index (χ2v) is 15.3. The summed E-state index contributed by atoms with van der Waals surface area (Å²) in [6, 6.07) is 19.6. The molecule has 2 aliphatic heterocycles. The van der Waals surface area contributed by atoms with Crippen molar-refractivity contribution in [3.05, 3.63) is 78.4 Å². The van der Waals surface area contributed by atoms with Crippen molar-refractivity contribution in [3.63, 3.8) is 0 Å². The van der Waals surface area contributed by atoms with Crippen molar-refractivity contribution in [2.24, 2.45) is 0 Å². The zero-order valence-corrected chi connectivity index (χ0v) is 26.6. The number of nitrogens with one attached hydrogen (secondary N) is 1. The third-order valence-corrected chi connectivity index (χ3v) is 11.1. The maximum Gasteiger partial charge on any atom is 0.264 e. The van der Waals surface area contributed by atoms with Gasteiger partial charge >= 0.3 is 0 Å². The minimum atomic E-state index is -3.99. The van der Waals surface area contributed by atoms with Crippen molar-refractivity contribution in [3.8, 4) is 11.5 Å². The number of fused-ring (bicyclic) bond motifs is 1. The number of rotatable bonds is 9. The molecule has 0 aromatic heterocycles. The van der Waals surface area contributed by atoms with Crippen LogP contribution in [0, 0.1) is 0 Å². The van der Waals surface area contributed by atoms with Gasteiger partial charge in [0.05, 0.1) is 41.8 Å². The van der Waals surface area contributed by atoms with Gasteiger partial charge in [-0.15, -0.1) is 0 Å². The Hall–Kier alpha value is -3.65. The lowest BCUT2D eigenvalue weighted by Crippen LogP contribution is -2.51. The van der Waals surface area contributed by atoms with Gasteiger partial charge in [-0.1, -0.05) is 45.0 Å². The Morgan fingerprint density at radius 2 is 1.57 bits per heavy atom. The van der Waals surface area contributed by atoms with E-state index in [9.17, 15) is 21.6 Å². The Morgan fingerprint density at radius 1 is 0.909 bits per heavy atom. The van der Waals surface area contributed by atoms with Gasteiger partial charge in [0.15, 0.2) is 6.10 Å². The highest BCUT2D eigenvalue weighted by Crippen LogP contribution is 2.40. The Kier molecular flexibility index (Phi) is 9.21. The quantitative estimate of drug-likeness (QED) is 0.352. The molecule has 44 heavy (non-hydrogen) atoms. The molecule has 0 radical (unpaired) electrons. The lowest BCUT2D eigenvalue weighted by molar-refractivity contribution is -0.127. The van der Waals surface area contributed by atoms with Gasteiger partial charge in [0.1, 0.15) is 18.1 Å². The molecule has 1 fully saturated rings. The number of carbonyl (C=O) groups is 1. The summed E-state index contributed by atoms with van der Waals surface area (Å²) in [7, 11) is -7.60. The summed E-state index contributed by atoms with van der Waals surface area (Å²) in [6.45, 7) is 7.47. The van der Waals surface area contributed by atoms with Gasteiger partial charge < -0.3 is 19.5 Å². The van der Waals surface area contributed by atoms with Gasteiger partial charge in [0.2, 0.25) is 10.0 Å². The monoisotopic (exact) mass is 643 g/mol. The third-order valence-electron chi connectivity index (χ3n) is 7.42. The average Bonchev–Trinajstić information content (AvgIpc) is 3.02. The molecule has 1 saturated heterocycles. The van der Waals surface area contributed by atoms with E-state index in [0.29, 0.717) is 43.5 Å². The maximum absolute atomic E-state index is 13.7. The summed E-state index contributed by atoms with van der Waals surface area (Å²) in [5, 5.41) is 2.75. The molecule has 0 saturated carbocycles. The standard InChI is InChI=1S/C31H37N3O8S2/c1-31(2,3)23-9-14-28-27(21-23)34(44(38,39)25-7-5-4-6-8-25)22-29(42-28)30(35)32-15-18-41-24-10-12-26(13-11-24)43(36,37)33-16-19-40-20-17-33/h4-14,21,29H,15-20,22H2,1-3H3,(H,32,35)/t29-/m0/s1. The summed E-state index contributed by atoms with van der Waals surface area (Å²) in [5.74, 6) is 0.254. The van der Waals surface area contributed by atoms with Crippen LogP contribution in [-0.4, -0.2) is 79.2 Å². The summed E-state index contributed by atoms with van der Waals surface area (Å²) in [4.78, 5) is 13.4. The Balaban J connectivity index is 1.23. The molecule has 3 aromatic carbocycles. The van der Waals surface area contributed by atoms with E-state index in [0.717, 1.165) is 5.56 Å². The third kappa shape index (κ3) is 6.85. The first-order valence-corrected chi connectivity index (χ1v) is 17.2. The number of sulfonamides is 2. The van der Waals surface area contributed by atoms with E-state index >= 15 is 0 Å². The lowest BCUT2D eigenvalue weighted by Gasteiger charge is -2.36. The molecular weight excluding hydrogens is 606 g/mol. The molecule has 1 amide bonds. The molecule has 11 nitrogen and oxygen atoms in total. The molecule has 2 aliphatic rings. The fraction of sp³-hybridized carbons (Fsp3) is 0.387. The van der Waals surface area contributed by atoms with Crippen molar-refractivity contribution in [2.75, 3.05) is 50.3 Å². The highest BCUT2D eigenvalue weighted by Gasteiger charge is 2.38. The number of morpholine rings is 1. The molecule has 2 heterocycles. The number of hydrogen-bond donors (Lipinski definition) is 1. The van der Waals surface area contributed by atoms with Gasteiger partial charge in [-0.3, -0.25) is 9.10 Å². The molecule has 0 bridgehead atoms. The van der Waals surface area contributed by atoms with E-state index in [1.807, 2.05) is 26.8 Å². The van der Waals surface area contributed by atoms with Crippen LogP contribution in [0.4, 0.5) is 5.69 Å². The van der Waals surface area contributed by atoms with Gasteiger partial charge in [-0.25, -0.2) is 16.8 Å². The minimum absolute atomic E-state index is 0.103. The fourth-order valence-corrected chi connectivity index (χ4v) is 7.80. The van der Waals surface area contributed by atoms with E-state index < -0.39 is 32.1 Å². The van der Waals surface area contributed by atoms with E-state index in [1.165, 1.54) is 32.9 Å². The second kappa shape index (κ2) is 12.8. The normalized spacial score (nSPS) is 17.8. The van der Waals surface area contributed by atoms with Crippen LogP contribution in [0.2, 0.25) is 0 Å². The molecule has 1 N–H and O–H groups in total. The molecule has 236 valence electrons. The summed E-state index contributed by atoms with van der Waals surface area (Å²) in [6.07, 6.45) is -1.09. The summed E-state index contributed by atoms with van der Waals surface area (Å²) < 4.78 is 72.7. The molecular formula is C31H37N3O8S2. The molecule has 0 spiro atoms. The van der Waals surface area contributed by atoms with Crippen molar-refractivity contribution in [2.45, 2.75) is 42.1 Å². The van der Waals surface area contributed by atoms with Gasteiger partial charge in [-0.05, 0) is 59.5 Å². The van der Waals surface area contributed by atoms with E-state index in [-0.39, 0.29) is 34.9 Å². The van der Waals surface area contributed by atoms with E-state index in [2.05, 4.69) is 5.32 Å². The Bertz CT molecular complexity index is 1680. The smallest absolute Gasteiger partial charge is 0.264 e. The summed E-state index contributed by atoms with van der Waals surface area (Å²) in [5.41, 5.74) is 1.08. The van der Waals surface area contributed by atoms with Gasteiger partial charge in [0, 0.05) is 13.1 Å². The van der Waals surface area contributed by atoms with Crippen LogP contribution in [-0.2, 0) is 35.0 Å². The van der Waals surface area contributed by atoms with Crippen LogP contribution < -0.4 is 19.1 Å². The maximum atomic E-state index is 13.7. The minimum Gasteiger partial charge on any atom is -0.492 e. The average molecular weight is 644 g/mol. The molecule has 1 atom stereocenters. The van der Waals surface area contributed by atoms with Crippen molar-refractivity contribution < 1.29 is 35.8 Å². The van der Waals surface area contributed by atoms with Crippen LogP contribution in [0.5, 0.6) is 11.5 Å². The lowest BCUT2D eigenvalue weighted by atomic mass is 9.86. The van der Waals surface area contributed by atoms with Crippen LogP contribution in [0.3, 0.4) is 0 Å². The number of benzene rings is 3. The highest BCUT2D eigenvalue weighted by molar-refractivity contribution is 7.92. The number of amides is 1. The van der Waals surface area contributed by atoms with Gasteiger partial charge in [-0.2, -0.15) is 4.31 Å². The zero-order valence-electron chi connectivity index (χ0n) is 24.9. The van der Waals surface area contributed by atoms with Crippen molar-refractivity contribution in [1.29, 1.82) is 0 Å². The fourth-order valence-electron chi connectivity index (χ4n) is 4.90. The largest absolute Gasteiger partial charge is 0.492 e. The zero-order chi connectivity index (χ0) is 31.5. The first-order valence-electron chi connectivity index (χ1n) is 14.3. The topological polar surface area (TPSA) is 132 Å². The van der Waals surface area contributed by atoms with Crippen molar-refractivity contribution in [1.82, 2.24) is 9.62 Å². The Labute approximate surface area is 258 Å². The predicted molar refractivity (Wildman–Crippen MR) is 165 cm³/mol. The number of hydrogen-bond acceptors (Lipinski definition) is 8. The number of carbonyl (C=O) groups excluding carboxylic acids is 1. The van der Waals surface area contributed by atoms with Crippen LogP contribution in [0.15, 0.2) is 82.6 Å². The van der Waals surface area contributed by atoms with E-state index in [4.69, 9.17) is 14.2 Å². The first kappa shape index (κ1) is 31.8. The highest BCUT2D eigenvalue weighted by atomic mass is 32.2. The second-order valence-electron chi connectivity index (χ2n) is 11.5. The van der Waals surface area contributed by atoms with Crippen LogP contribution >= 0.6 is 0 Å². The first-order chi connectivity index (χ1) is 20.9. The number of ether oxygens (including phenoxy) is 3. The van der Waals surface area contributed by atoms with Gasteiger partial charge in [0.25, 0.3) is 15.9 Å². The molecule has 3 aromatic rings. The SMILES string of the molecule is CC(C)(C)c1ccc2c(c1)N(S(=O)(=O)c1ccccc1)C[C@@H](C(=O)NCCOc1ccc(S(=O)(=O)N3CCOCC3)cc1)O2. The van der Waals surface area contributed by atoms with Crippen molar-refractivity contribution >= 4 is 31.6 Å². The Morgan fingerprint density at radius 3 is 2.23 bits per heavy atom. The molecule has 5 rings (SSSR count). The predicted octanol–water partition coefficient (Wildman–Crippen LogP) is 3.16. The van der Waals surface area contributed by atoms with Crippen LogP contribution in [0.1, 0.15) is 26.3 Å². The molecule has 0 unspecified atom stereocenters.